The van der Waals surface area contributed by atoms with Crippen molar-refractivity contribution in [3.05, 3.63) is 0 Å². The summed E-state index contributed by atoms with van der Waals surface area (Å²) in [5.41, 5.74) is 0. The first-order valence-corrected chi connectivity index (χ1v) is 6.86. The average molecular weight is 258 g/mol. The van der Waals surface area contributed by atoms with Crippen LogP contribution in [0, 0.1) is 0 Å². The SMILES string of the molecule is CCN(C(=O)CNCCCOCCOC)C1CC1. The Hall–Kier alpha value is -0.650. The second-order valence-electron chi connectivity index (χ2n) is 4.55. The largest absolute Gasteiger partial charge is 0.382 e. The highest BCUT2D eigenvalue weighted by Crippen LogP contribution is 2.26. The molecule has 0 aromatic rings. The van der Waals surface area contributed by atoms with E-state index in [9.17, 15) is 4.79 Å². The molecule has 0 radical (unpaired) electrons. The number of nitrogens with zero attached hydrogens (tertiary/aromatic N) is 1. The summed E-state index contributed by atoms with van der Waals surface area (Å²) in [6.45, 7) is 6.12. The Bertz CT molecular complexity index is 232. The minimum absolute atomic E-state index is 0.223. The predicted octanol–water partition coefficient (Wildman–Crippen LogP) is 0.640. The molecule has 1 fully saturated rings. The van der Waals surface area contributed by atoms with Crippen molar-refractivity contribution in [1.82, 2.24) is 10.2 Å². The highest BCUT2D eigenvalue weighted by atomic mass is 16.5. The Morgan fingerprint density at radius 2 is 2.11 bits per heavy atom. The molecule has 1 rings (SSSR count). The summed E-state index contributed by atoms with van der Waals surface area (Å²) in [6, 6.07) is 0.515. The quantitative estimate of drug-likeness (QED) is 0.553. The summed E-state index contributed by atoms with van der Waals surface area (Å²) in [5.74, 6) is 0.223. The van der Waals surface area contributed by atoms with Crippen LogP contribution in [0.25, 0.3) is 0 Å². The van der Waals surface area contributed by atoms with Crippen molar-refractivity contribution in [3.63, 3.8) is 0 Å². The number of carbonyl (C=O) groups is 1. The van der Waals surface area contributed by atoms with E-state index < -0.39 is 0 Å². The summed E-state index contributed by atoms with van der Waals surface area (Å²) >= 11 is 0. The standard InChI is InChI=1S/C13H26N2O3/c1-3-15(12-5-6-12)13(16)11-14-7-4-8-18-10-9-17-2/h12,14H,3-11H2,1-2H3. The van der Waals surface area contributed by atoms with Crippen LogP contribution < -0.4 is 5.32 Å². The summed E-state index contributed by atoms with van der Waals surface area (Å²) in [7, 11) is 1.66. The van der Waals surface area contributed by atoms with Gasteiger partial charge >= 0.3 is 0 Å². The van der Waals surface area contributed by atoms with Crippen LogP contribution in [0.1, 0.15) is 26.2 Å². The molecular formula is C13H26N2O3. The van der Waals surface area contributed by atoms with Gasteiger partial charge in [-0.15, -0.1) is 0 Å². The van der Waals surface area contributed by atoms with Gasteiger partial charge in [0.1, 0.15) is 0 Å². The summed E-state index contributed by atoms with van der Waals surface area (Å²) in [5, 5.41) is 3.17. The third-order valence-electron chi connectivity index (χ3n) is 3.00. The predicted molar refractivity (Wildman–Crippen MR) is 70.6 cm³/mol. The van der Waals surface area contributed by atoms with Gasteiger partial charge in [-0.2, -0.15) is 0 Å². The van der Waals surface area contributed by atoms with Crippen LogP contribution in [0.15, 0.2) is 0 Å². The lowest BCUT2D eigenvalue weighted by atomic mass is 10.4. The zero-order valence-electron chi connectivity index (χ0n) is 11.6. The lowest BCUT2D eigenvalue weighted by Crippen LogP contribution is -2.39. The number of ether oxygens (including phenoxy) is 2. The van der Waals surface area contributed by atoms with Gasteiger partial charge in [0.05, 0.1) is 19.8 Å². The Balaban J connectivity index is 1.92. The fourth-order valence-corrected chi connectivity index (χ4v) is 1.86. The molecule has 106 valence electrons. The van der Waals surface area contributed by atoms with Gasteiger partial charge in [-0.3, -0.25) is 4.79 Å². The van der Waals surface area contributed by atoms with Crippen molar-refractivity contribution in [2.45, 2.75) is 32.2 Å². The van der Waals surface area contributed by atoms with E-state index in [1.165, 1.54) is 12.8 Å². The number of nitrogens with one attached hydrogen (secondary N) is 1. The molecule has 0 unspecified atom stereocenters. The Labute approximate surface area is 110 Å². The Morgan fingerprint density at radius 3 is 2.72 bits per heavy atom. The van der Waals surface area contributed by atoms with Crippen LogP contribution >= 0.6 is 0 Å². The molecule has 18 heavy (non-hydrogen) atoms. The molecule has 1 aliphatic rings. The molecule has 0 atom stereocenters. The molecule has 0 aliphatic heterocycles. The third kappa shape index (κ3) is 6.33. The highest BCUT2D eigenvalue weighted by molar-refractivity contribution is 5.78. The maximum absolute atomic E-state index is 11.8. The fraction of sp³-hybridized carbons (Fsp3) is 0.923. The molecule has 5 heteroatoms. The van der Waals surface area contributed by atoms with Gasteiger partial charge in [0, 0.05) is 26.3 Å². The van der Waals surface area contributed by atoms with Crippen LogP contribution in [0.5, 0.6) is 0 Å². The van der Waals surface area contributed by atoms with Crippen LogP contribution in [0.3, 0.4) is 0 Å². The summed E-state index contributed by atoms with van der Waals surface area (Å²) < 4.78 is 10.2. The number of likely N-dealkylation sites (N-methyl/N-ethyl adjacent to an activating group) is 1. The molecule has 1 saturated carbocycles. The first kappa shape index (κ1) is 15.4. The van der Waals surface area contributed by atoms with Crippen molar-refractivity contribution < 1.29 is 14.3 Å². The molecule has 0 bridgehead atoms. The van der Waals surface area contributed by atoms with E-state index in [1.807, 2.05) is 11.8 Å². The van der Waals surface area contributed by atoms with Crippen LogP contribution in [0.4, 0.5) is 0 Å². The minimum Gasteiger partial charge on any atom is -0.382 e. The Kier molecular flexibility index (Phi) is 7.96. The van der Waals surface area contributed by atoms with E-state index >= 15 is 0 Å². The van der Waals surface area contributed by atoms with E-state index in [0.29, 0.717) is 32.4 Å². The zero-order chi connectivity index (χ0) is 13.2. The molecule has 1 aliphatic carbocycles. The average Bonchev–Trinajstić information content (AvgIpc) is 3.18. The van der Waals surface area contributed by atoms with Gasteiger partial charge in [0.25, 0.3) is 0 Å². The topological polar surface area (TPSA) is 50.8 Å². The summed E-state index contributed by atoms with van der Waals surface area (Å²) in [4.78, 5) is 13.8. The Morgan fingerprint density at radius 1 is 1.33 bits per heavy atom. The van der Waals surface area contributed by atoms with Gasteiger partial charge < -0.3 is 19.7 Å². The number of amides is 1. The number of methoxy groups -OCH3 is 1. The maximum atomic E-state index is 11.8. The van der Waals surface area contributed by atoms with Crippen molar-refractivity contribution in [2.24, 2.45) is 0 Å². The second-order valence-corrected chi connectivity index (χ2v) is 4.55. The molecule has 0 aromatic carbocycles. The molecule has 0 aromatic heterocycles. The van der Waals surface area contributed by atoms with Crippen molar-refractivity contribution in [3.8, 4) is 0 Å². The fourth-order valence-electron chi connectivity index (χ4n) is 1.86. The molecular weight excluding hydrogens is 232 g/mol. The highest BCUT2D eigenvalue weighted by Gasteiger charge is 2.30. The van der Waals surface area contributed by atoms with Crippen molar-refractivity contribution in [2.75, 3.05) is 46.6 Å². The zero-order valence-corrected chi connectivity index (χ0v) is 11.6. The molecule has 0 saturated heterocycles. The van der Waals surface area contributed by atoms with E-state index in [2.05, 4.69) is 5.32 Å². The molecule has 1 amide bonds. The molecule has 5 nitrogen and oxygen atoms in total. The first-order valence-electron chi connectivity index (χ1n) is 6.86. The second kappa shape index (κ2) is 9.30. The van der Waals surface area contributed by atoms with Gasteiger partial charge in [-0.1, -0.05) is 0 Å². The lowest BCUT2D eigenvalue weighted by Gasteiger charge is -2.20. The van der Waals surface area contributed by atoms with Gasteiger partial charge in [-0.05, 0) is 32.7 Å². The summed E-state index contributed by atoms with van der Waals surface area (Å²) in [6.07, 6.45) is 3.27. The molecule has 1 N–H and O–H groups in total. The monoisotopic (exact) mass is 258 g/mol. The van der Waals surface area contributed by atoms with Gasteiger partial charge in [-0.25, -0.2) is 0 Å². The third-order valence-corrected chi connectivity index (χ3v) is 3.00. The molecule has 0 spiro atoms. The normalized spacial score (nSPS) is 14.8. The lowest BCUT2D eigenvalue weighted by molar-refractivity contribution is -0.130. The smallest absolute Gasteiger partial charge is 0.236 e. The van der Waals surface area contributed by atoms with E-state index in [-0.39, 0.29) is 5.91 Å². The van der Waals surface area contributed by atoms with Crippen LogP contribution in [-0.4, -0.2) is 63.4 Å². The van der Waals surface area contributed by atoms with E-state index in [1.54, 1.807) is 7.11 Å². The minimum atomic E-state index is 0.223. The number of hydrogen-bond donors (Lipinski definition) is 1. The maximum Gasteiger partial charge on any atom is 0.236 e. The number of carbonyl (C=O) groups excluding carboxylic acids is 1. The van der Waals surface area contributed by atoms with Crippen LogP contribution in [0.2, 0.25) is 0 Å². The van der Waals surface area contributed by atoms with Crippen molar-refractivity contribution in [1.29, 1.82) is 0 Å². The number of rotatable bonds is 11. The molecule has 0 heterocycles. The van der Waals surface area contributed by atoms with Gasteiger partial charge in [0.2, 0.25) is 5.91 Å². The van der Waals surface area contributed by atoms with Crippen LogP contribution in [-0.2, 0) is 14.3 Å². The van der Waals surface area contributed by atoms with Crippen molar-refractivity contribution >= 4 is 5.91 Å². The van der Waals surface area contributed by atoms with E-state index in [4.69, 9.17) is 9.47 Å². The van der Waals surface area contributed by atoms with E-state index in [0.717, 1.165) is 19.5 Å². The first-order chi connectivity index (χ1) is 8.79. The van der Waals surface area contributed by atoms with Gasteiger partial charge in [0.15, 0.2) is 0 Å². The number of hydrogen-bond acceptors (Lipinski definition) is 4.